The molecule has 0 aromatic carbocycles. The molecular weight excluding hydrogens is 485 g/mol. The molecule has 0 spiro atoms. The largest absolute Gasteiger partial charge is 0.388 e. The van der Waals surface area contributed by atoms with E-state index in [4.69, 9.17) is 9.73 Å². The predicted molar refractivity (Wildman–Crippen MR) is 125 cm³/mol. The molecule has 29 heavy (non-hydrogen) atoms. The lowest BCUT2D eigenvalue weighted by Crippen LogP contribution is -2.55. The van der Waals surface area contributed by atoms with Crippen LogP contribution in [-0.2, 0) is 9.53 Å². The van der Waals surface area contributed by atoms with Crippen molar-refractivity contribution in [1.82, 2.24) is 20.0 Å². The zero-order chi connectivity index (χ0) is 19.8. The fourth-order valence-corrected chi connectivity index (χ4v) is 4.24. The van der Waals surface area contributed by atoms with E-state index in [1.807, 2.05) is 4.90 Å². The van der Waals surface area contributed by atoms with Gasteiger partial charge in [-0.05, 0) is 19.8 Å². The van der Waals surface area contributed by atoms with Gasteiger partial charge in [-0.25, -0.2) is 0 Å². The molecule has 2 heterocycles. The van der Waals surface area contributed by atoms with Crippen LogP contribution in [0.2, 0.25) is 0 Å². The fourth-order valence-electron chi connectivity index (χ4n) is 4.24. The number of halogens is 1. The lowest BCUT2D eigenvalue weighted by molar-refractivity contribution is -0.136. The molecular formula is C20H38IN5O3. The highest BCUT2D eigenvalue weighted by Gasteiger charge is 2.30. The van der Waals surface area contributed by atoms with E-state index in [9.17, 15) is 9.90 Å². The number of aliphatic hydroxyl groups is 1. The highest BCUT2D eigenvalue weighted by Crippen LogP contribution is 2.28. The Bertz CT molecular complexity index is 528. The fraction of sp³-hybridized carbons (Fsp3) is 0.900. The summed E-state index contributed by atoms with van der Waals surface area (Å²) in [5, 5.41) is 14.1. The van der Waals surface area contributed by atoms with Crippen LogP contribution >= 0.6 is 24.0 Å². The van der Waals surface area contributed by atoms with Gasteiger partial charge in [0, 0.05) is 45.8 Å². The average Bonchev–Trinajstić information content (AvgIpc) is 2.73. The van der Waals surface area contributed by atoms with Crippen LogP contribution in [0.15, 0.2) is 4.99 Å². The number of hydrogen-bond donors (Lipinski definition) is 2. The molecule has 1 aliphatic carbocycles. The third kappa shape index (κ3) is 7.52. The van der Waals surface area contributed by atoms with Crippen LogP contribution in [0.5, 0.6) is 0 Å². The van der Waals surface area contributed by atoms with Gasteiger partial charge in [-0.2, -0.15) is 0 Å². The number of carbonyl (C=O) groups excluding carboxylic acids is 1. The first-order valence-electron chi connectivity index (χ1n) is 10.9. The maximum Gasteiger partial charge on any atom is 0.236 e. The monoisotopic (exact) mass is 523 g/mol. The second-order valence-corrected chi connectivity index (χ2v) is 8.21. The first-order chi connectivity index (χ1) is 13.6. The highest BCUT2D eigenvalue weighted by atomic mass is 127. The Hall–Kier alpha value is -0.650. The van der Waals surface area contributed by atoms with Crippen LogP contribution in [-0.4, -0.2) is 109 Å². The molecule has 2 N–H and O–H groups in total. The molecule has 8 nitrogen and oxygen atoms in total. The normalized spacial score (nSPS) is 23.4. The van der Waals surface area contributed by atoms with Crippen LogP contribution in [0.4, 0.5) is 0 Å². The summed E-state index contributed by atoms with van der Waals surface area (Å²) in [6, 6.07) is 0. The smallest absolute Gasteiger partial charge is 0.236 e. The van der Waals surface area contributed by atoms with Crippen molar-refractivity contribution in [3.8, 4) is 0 Å². The molecule has 2 saturated heterocycles. The van der Waals surface area contributed by atoms with E-state index >= 15 is 0 Å². The van der Waals surface area contributed by atoms with Gasteiger partial charge < -0.3 is 25.0 Å². The van der Waals surface area contributed by atoms with E-state index in [1.165, 1.54) is 6.42 Å². The maximum atomic E-state index is 12.4. The Kier molecular flexibility index (Phi) is 10.4. The van der Waals surface area contributed by atoms with Crippen LogP contribution in [0.1, 0.15) is 39.0 Å². The second kappa shape index (κ2) is 12.3. The molecule has 1 saturated carbocycles. The summed E-state index contributed by atoms with van der Waals surface area (Å²) < 4.78 is 5.32. The minimum absolute atomic E-state index is 0. The van der Waals surface area contributed by atoms with E-state index in [2.05, 4.69) is 22.0 Å². The van der Waals surface area contributed by atoms with E-state index in [-0.39, 0.29) is 29.9 Å². The number of rotatable bonds is 5. The summed E-state index contributed by atoms with van der Waals surface area (Å²) in [5.41, 5.74) is -0.634. The zero-order valence-electron chi connectivity index (χ0n) is 17.8. The number of morpholine rings is 1. The van der Waals surface area contributed by atoms with Gasteiger partial charge in [-0.3, -0.25) is 14.7 Å². The molecule has 3 rings (SSSR count). The first kappa shape index (κ1) is 24.6. The minimum Gasteiger partial charge on any atom is -0.388 e. The van der Waals surface area contributed by atoms with Crippen molar-refractivity contribution in [3.05, 3.63) is 0 Å². The van der Waals surface area contributed by atoms with E-state index in [0.29, 0.717) is 39.4 Å². The predicted octanol–water partition coefficient (Wildman–Crippen LogP) is 0.742. The van der Waals surface area contributed by atoms with Crippen LogP contribution < -0.4 is 5.32 Å². The van der Waals surface area contributed by atoms with Gasteiger partial charge in [0.15, 0.2) is 5.96 Å². The standard InChI is InChI=1S/C20H37N5O3.HI/c1-2-21-19(22-17-20(27)6-4-3-5-7-20)25-10-8-23(9-11-25)16-18(26)24-12-14-28-15-13-24;/h27H,2-17H2,1H3,(H,21,22);1H. The van der Waals surface area contributed by atoms with Gasteiger partial charge in [0.2, 0.25) is 5.91 Å². The molecule has 1 amide bonds. The first-order valence-corrected chi connectivity index (χ1v) is 10.9. The van der Waals surface area contributed by atoms with Gasteiger partial charge >= 0.3 is 0 Å². The molecule has 3 aliphatic rings. The van der Waals surface area contributed by atoms with Crippen molar-refractivity contribution in [3.63, 3.8) is 0 Å². The van der Waals surface area contributed by atoms with Crippen molar-refractivity contribution in [2.24, 2.45) is 4.99 Å². The summed E-state index contributed by atoms with van der Waals surface area (Å²) in [6.07, 6.45) is 5.12. The lowest BCUT2D eigenvalue weighted by Gasteiger charge is -2.38. The molecule has 0 unspecified atom stereocenters. The van der Waals surface area contributed by atoms with Gasteiger partial charge in [0.1, 0.15) is 0 Å². The summed E-state index contributed by atoms with van der Waals surface area (Å²) in [6.45, 7) is 9.96. The van der Waals surface area contributed by atoms with E-state index < -0.39 is 5.60 Å². The molecule has 0 aromatic heterocycles. The number of carbonyl (C=O) groups is 1. The van der Waals surface area contributed by atoms with E-state index in [1.54, 1.807) is 0 Å². The number of amides is 1. The second-order valence-electron chi connectivity index (χ2n) is 8.21. The Labute approximate surface area is 192 Å². The quantitative estimate of drug-likeness (QED) is 0.315. The lowest BCUT2D eigenvalue weighted by atomic mass is 9.85. The van der Waals surface area contributed by atoms with Crippen molar-refractivity contribution >= 4 is 35.8 Å². The Balaban J connectivity index is 0.00000300. The molecule has 0 atom stereocenters. The number of aliphatic imine (C=N–C) groups is 1. The molecule has 168 valence electrons. The summed E-state index contributed by atoms with van der Waals surface area (Å²) >= 11 is 0. The molecule has 0 bridgehead atoms. The molecule has 0 aromatic rings. The van der Waals surface area contributed by atoms with Gasteiger partial charge in [-0.15, -0.1) is 24.0 Å². The Morgan fingerprint density at radius 3 is 2.31 bits per heavy atom. The van der Waals surface area contributed by atoms with Gasteiger partial charge in [-0.1, -0.05) is 19.3 Å². The number of nitrogens with zero attached hydrogens (tertiary/aromatic N) is 4. The number of nitrogens with one attached hydrogen (secondary N) is 1. The SMILES string of the molecule is CCNC(=NCC1(O)CCCCC1)N1CCN(CC(=O)N2CCOCC2)CC1.I. The van der Waals surface area contributed by atoms with Crippen LogP contribution in [0.25, 0.3) is 0 Å². The van der Waals surface area contributed by atoms with E-state index in [0.717, 1.165) is 64.4 Å². The van der Waals surface area contributed by atoms with Gasteiger partial charge in [0.25, 0.3) is 0 Å². The molecule has 0 radical (unpaired) electrons. The summed E-state index contributed by atoms with van der Waals surface area (Å²) in [7, 11) is 0. The third-order valence-corrected chi connectivity index (χ3v) is 6.04. The van der Waals surface area contributed by atoms with Crippen LogP contribution in [0.3, 0.4) is 0 Å². The van der Waals surface area contributed by atoms with Crippen molar-refractivity contribution in [2.75, 3.05) is 72.1 Å². The zero-order valence-corrected chi connectivity index (χ0v) is 20.1. The number of piperazine rings is 1. The highest BCUT2D eigenvalue weighted by molar-refractivity contribution is 14.0. The topological polar surface area (TPSA) is 80.6 Å². The molecule has 9 heteroatoms. The van der Waals surface area contributed by atoms with Crippen molar-refractivity contribution < 1.29 is 14.6 Å². The Morgan fingerprint density at radius 2 is 1.69 bits per heavy atom. The number of guanidine groups is 1. The van der Waals surface area contributed by atoms with Gasteiger partial charge in [0.05, 0.1) is 31.9 Å². The number of ether oxygens (including phenoxy) is 1. The average molecular weight is 523 g/mol. The molecule has 3 fully saturated rings. The minimum atomic E-state index is -0.634. The summed E-state index contributed by atoms with van der Waals surface area (Å²) in [5.74, 6) is 1.09. The maximum absolute atomic E-state index is 12.4. The summed E-state index contributed by atoms with van der Waals surface area (Å²) in [4.78, 5) is 23.6. The van der Waals surface area contributed by atoms with Crippen LogP contribution in [0, 0.1) is 0 Å². The third-order valence-electron chi connectivity index (χ3n) is 6.04. The van der Waals surface area contributed by atoms with Crippen molar-refractivity contribution in [1.29, 1.82) is 0 Å². The number of hydrogen-bond acceptors (Lipinski definition) is 5. The Morgan fingerprint density at radius 1 is 1.03 bits per heavy atom. The van der Waals surface area contributed by atoms with Crippen molar-refractivity contribution in [2.45, 2.75) is 44.6 Å². The molecule has 2 aliphatic heterocycles.